The molecule has 1 aliphatic rings. The van der Waals surface area contributed by atoms with Crippen molar-refractivity contribution in [3.8, 4) is 5.75 Å². The zero-order valence-electron chi connectivity index (χ0n) is 24.1. The molecular weight excluding hydrogens is 543 g/mol. The van der Waals surface area contributed by atoms with Crippen LogP contribution < -0.4 is 10.1 Å². The number of fused-ring (bicyclic) bond motifs is 1. The van der Waals surface area contributed by atoms with Crippen LogP contribution in [0.5, 0.6) is 5.75 Å². The molecule has 0 unspecified atom stereocenters. The van der Waals surface area contributed by atoms with Gasteiger partial charge in [0.05, 0.1) is 18.1 Å². The summed E-state index contributed by atoms with van der Waals surface area (Å²) in [6.07, 6.45) is -1.08. The largest absolute Gasteiger partial charge is 0.496 e. The molecule has 2 aromatic carbocycles. The number of ketones is 1. The Labute approximate surface area is 243 Å². The van der Waals surface area contributed by atoms with Crippen molar-refractivity contribution in [2.24, 2.45) is 0 Å². The molecular formula is C32H36F3N5O2. The topological polar surface area (TPSA) is 73.5 Å². The minimum atomic E-state index is -4.50. The van der Waals surface area contributed by atoms with Crippen LogP contribution in [0.2, 0.25) is 0 Å². The fourth-order valence-electron chi connectivity index (χ4n) is 5.50. The molecule has 0 bridgehead atoms. The average Bonchev–Trinajstić information content (AvgIpc) is 3.46. The average molecular weight is 580 g/mol. The highest BCUT2D eigenvalue weighted by atomic mass is 19.4. The van der Waals surface area contributed by atoms with Gasteiger partial charge in [0.2, 0.25) is 0 Å². The van der Waals surface area contributed by atoms with E-state index >= 15 is 0 Å². The summed E-state index contributed by atoms with van der Waals surface area (Å²) < 4.78 is 47.8. The predicted molar refractivity (Wildman–Crippen MR) is 158 cm³/mol. The number of benzene rings is 2. The number of pyridine rings is 1. The number of hydrogen-bond donors (Lipinski definition) is 2. The number of likely N-dealkylation sites (N-methyl/N-ethyl adjacent to an activating group) is 1. The van der Waals surface area contributed by atoms with Crippen LogP contribution >= 0.6 is 0 Å². The maximum Gasteiger partial charge on any atom is 0.416 e. The number of hydrogen-bond acceptors (Lipinski definition) is 6. The van der Waals surface area contributed by atoms with Gasteiger partial charge in [0.25, 0.3) is 0 Å². The van der Waals surface area contributed by atoms with Crippen molar-refractivity contribution in [2.75, 3.05) is 45.2 Å². The summed E-state index contributed by atoms with van der Waals surface area (Å²) in [7, 11) is 1.61. The van der Waals surface area contributed by atoms with E-state index in [0.717, 1.165) is 66.6 Å². The summed E-state index contributed by atoms with van der Waals surface area (Å²) in [5.41, 5.74) is 3.63. The van der Waals surface area contributed by atoms with Crippen molar-refractivity contribution in [2.45, 2.75) is 39.5 Å². The number of carbonyl (C=O) groups is 1. The number of nitrogens with zero attached hydrogens (tertiary/aromatic N) is 3. The lowest BCUT2D eigenvalue weighted by Gasteiger charge is -2.34. The maximum absolute atomic E-state index is 14.1. The van der Waals surface area contributed by atoms with Crippen molar-refractivity contribution in [3.63, 3.8) is 0 Å². The minimum absolute atomic E-state index is 0.122. The molecule has 1 fully saturated rings. The van der Waals surface area contributed by atoms with Crippen LogP contribution in [0.15, 0.2) is 54.9 Å². The van der Waals surface area contributed by atoms with Crippen LogP contribution in [-0.2, 0) is 25.7 Å². The number of alkyl halides is 3. The number of nitrogens with one attached hydrogen (secondary N) is 2. The highest BCUT2D eigenvalue weighted by molar-refractivity contribution is 5.98. The third-order valence-electron chi connectivity index (χ3n) is 7.99. The molecule has 3 heterocycles. The first-order valence-electron chi connectivity index (χ1n) is 14.2. The number of rotatable bonds is 10. The van der Waals surface area contributed by atoms with E-state index < -0.39 is 11.7 Å². The number of halogens is 3. The maximum atomic E-state index is 14.1. The molecule has 0 spiro atoms. The molecule has 0 radical (unpaired) electrons. The van der Waals surface area contributed by atoms with Gasteiger partial charge in [-0.25, -0.2) is 4.98 Å². The number of methoxy groups -OCH3 is 1. The molecule has 7 nitrogen and oxygen atoms in total. The molecule has 2 aromatic heterocycles. The summed E-state index contributed by atoms with van der Waals surface area (Å²) in [6.45, 7) is 8.79. The monoisotopic (exact) mass is 579 g/mol. The minimum Gasteiger partial charge on any atom is -0.496 e. The summed E-state index contributed by atoms with van der Waals surface area (Å²) in [5.74, 6) is 0.466. The van der Waals surface area contributed by atoms with Crippen LogP contribution in [-0.4, -0.2) is 65.4 Å². The Bertz CT molecular complexity index is 1560. The molecule has 1 saturated heterocycles. The number of Topliss-reactive ketones (excluding diaryl/α,β-unsaturated/α-hetero) is 1. The van der Waals surface area contributed by atoms with Gasteiger partial charge in [-0.2, -0.15) is 13.2 Å². The molecule has 2 N–H and O–H groups in total. The van der Waals surface area contributed by atoms with Crippen LogP contribution in [0, 0.1) is 6.92 Å². The second kappa shape index (κ2) is 12.5. The fourth-order valence-corrected chi connectivity index (χ4v) is 5.50. The third kappa shape index (κ3) is 6.60. The van der Waals surface area contributed by atoms with Crippen molar-refractivity contribution in [1.29, 1.82) is 0 Å². The zero-order chi connectivity index (χ0) is 29.9. The van der Waals surface area contributed by atoms with Crippen molar-refractivity contribution in [3.05, 3.63) is 88.2 Å². The number of aromatic amines is 1. The van der Waals surface area contributed by atoms with Crippen LogP contribution in [0.3, 0.4) is 0 Å². The van der Waals surface area contributed by atoms with Crippen molar-refractivity contribution < 1.29 is 22.7 Å². The number of piperazine rings is 1. The van der Waals surface area contributed by atoms with E-state index in [9.17, 15) is 18.0 Å². The molecule has 10 heteroatoms. The highest BCUT2D eigenvalue weighted by Gasteiger charge is 2.34. The van der Waals surface area contributed by atoms with Crippen LogP contribution in [0.1, 0.15) is 45.1 Å². The van der Waals surface area contributed by atoms with Crippen LogP contribution in [0.25, 0.3) is 11.0 Å². The second-order valence-electron chi connectivity index (χ2n) is 10.7. The number of aryl methyl sites for hydroxylation is 1. The number of ether oxygens (including phenoxy) is 1. The van der Waals surface area contributed by atoms with Gasteiger partial charge in [-0.15, -0.1) is 0 Å². The van der Waals surface area contributed by atoms with Crippen molar-refractivity contribution >= 4 is 22.5 Å². The molecule has 0 aliphatic carbocycles. The molecule has 0 amide bonds. The van der Waals surface area contributed by atoms with Gasteiger partial charge < -0.3 is 19.9 Å². The molecule has 42 heavy (non-hydrogen) atoms. The van der Waals surface area contributed by atoms with Gasteiger partial charge in [-0.1, -0.05) is 31.2 Å². The quantitative estimate of drug-likeness (QED) is 0.222. The molecule has 0 atom stereocenters. The molecule has 5 rings (SSSR count). The Kier molecular flexibility index (Phi) is 8.84. The Morgan fingerprint density at radius 1 is 1.05 bits per heavy atom. The Morgan fingerprint density at radius 3 is 2.52 bits per heavy atom. The molecule has 222 valence electrons. The smallest absolute Gasteiger partial charge is 0.416 e. The number of carbonyl (C=O) groups excluding carboxylic acids is 1. The number of aromatic nitrogens is 2. The van der Waals surface area contributed by atoms with Gasteiger partial charge in [0.15, 0.2) is 5.78 Å². The third-order valence-corrected chi connectivity index (χ3v) is 7.99. The van der Waals surface area contributed by atoms with E-state index in [1.54, 1.807) is 37.7 Å². The summed E-state index contributed by atoms with van der Waals surface area (Å²) in [4.78, 5) is 25.1. The lowest BCUT2D eigenvalue weighted by Crippen LogP contribution is -2.45. The van der Waals surface area contributed by atoms with Crippen molar-refractivity contribution in [1.82, 2.24) is 19.8 Å². The van der Waals surface area contributed by atoms with E-state index in [1.165, 1.54) is 6.07 Å². The lowest BCUT2D eigenvalue weighted by atomic mass is 9.97. The Morgan fingerprint density at radius 2 is 1.81 bits per heavy atom. The van der Waals surface area contributed by atoms with Crippen LogP contribution in [0.4, 0.5) is 18.9 Å². The lowest BCUT2D eigenvalue weighted by molar-refractivity contribution is -0.138. The van der Waals surface area contributed by atoms with Gasteiger partial charge >= 0.3 is 6.18 Å². The van der Waals surface area contributed by atoms with Gasteiger partial charge in [-0.3, -0.25) is 9.69 Å². The second-order valence-corrected chi connectivity index (χ2v) is 10.7. The fraction of sp³-hybridized carbons (Fsp3) is 0.375. The first-order chi connectivity index (χ1) is 20.2. The van der Waals surface area contributed by atoms with Gasteiger partial charge in [0.1, 0.15) is 11.4 Å². The zero-order valence-corrected chi connectivity index (χ0v) is 24.1. The van der Waals surface area contributed by atoms with Gasteiger partial charge in [-0.05, 0) is 48.4 Å². The normalized spacial score (nSPS) is 14.8. The van der Waals surface area contributed by atoms with E-state index in [0.29, 0.717) is 23.4 Å². The first kappa shape index (κ1) is 29.6. The van der Waals surface area contributed by atoms with E-state index in [4.69, 9.17) is 4.74 Å². The predicted octanol–water partition coefficient (Wildman–Crippen LogP) is 6.07. The SMILES string of the molecule is CCN1CCN(Cc2ccc(CC(=O)c3ccc(C)c(NCc4cnc5[nH]ccc5c4OC)c3)cc2C(F)(F)F)CC1. The summed E-state index contributed by atoms with van der Waals surface area (Å²) in [6, 6.07) is 11.5. The molecule has 4 aromatic rings. The summed E-state index contributed by atoms with van der Waals surface area (Å²) in [5, 5.41) is 4.24. The highest BCUT2D eigenvalue weighted by Crippen LogP contribution is 2.34. The van der Waals surface area contributed by atoms with E-state index in [2.05, 4.69) is 32.0 Å². The number of anilines is 1. The van der Waals surface area contributed by atoms with Gasteiger partial charge in [0, 0.05) is 74.9 Å². The summed E-state index contributed by atoms with van der Waals surface area (Å²) >= 11 is 0. The van der Waals surface area contributed by atoms with E-state index in [1.807, 2.05) is 19.1 Å². The Balaban J connectivity index is 1.29. The molecule has 0 saturated carbocycles. The first-order valence-corrected chi connectivity index (χ1v) is 14.2. The number of H-pyrrole nitrogens is 1. The van der Waals surface area contributed by atoms with E-state index in [-0.39, 0.29) is 24.3 Å². The Hall–Kier alpha value is -3.89. The molecule has 1 aliphatic heterocycles. The standard InChI is InChI=1S/C32H36F3N5O2/c1-4-39-11-13-40(14-12-39)20-24-8-6-22(15-27(24)32(33,34)35)16-29(41)23-7-5-21(2)28(17-23)37-18-25-19-38-31-26(9-10-36-31)30(25)42-3/h5-10,15,17,19,37H,4,11-14,16,18,20H2,1-3H3,(H,36,38).